The van der Waals surface area contributed by atoms with Gasteiger partial charge in [0.1, 0.15) is 0 Å². The lowest BCUT2D eigenvalue weighted by atomic mass is 10.1. The highest BCUT2D eigenvalue weighted by Crippen LogP contribution is 2.29. The maximum Gasteiger partial charge on any atom is 0.416 e. The van der Waals surface area contributed by atoms with Crippen LogP contribution in [-0.4, -0.2) is 71.3 Å². The molecule has 0 spiro atoms. The summed E-state index contributed by atoms with van der Waals surface area (Å²) in [7, 11) is 0. The summed E-state index contributed by atoms with van der Waals surface area (Å²) < 4.78 is 39.8. The maximum atomic E-state index is 12.8. The van der Waals surface area contributed by atoms with E-state index in [2.05, 4.69) is 56.5 Å². The van der Waals surface area contributed by atoms with Crippen molar-refractivity contribution in [3.05, 3.63) is 89.5 Å². The highest BCUT2D eigenvalue weighted by Gasteiger charge is 2.30. The molecule has 0 saturated carbocycles. The number of hydrogen-bond acceptors (Lipinski definition) is 12. The van der Waals surface area contributed by atoms with Gasteiger partial charge in [-0.1, -0.05) is 34.7 Å². The van der Waals surface area contributed by atoms with E-state index >= 15 is 0 Å². The van der Waals surface area contributed by atoms with Gasteiger partial charge in [0.15, 0.2) is 11.6 Å². The minimum absolute atomic E-state index is 0.0871. The van der Waals surface area contributed by atoms with Gasteiger partial charge in [0.05, 0.1) is 24.2 Å². The van der Waals surface area contributed by atoms with E-state index in [4.69, 9.17) is 0 Å². The molecule has 1 fully saturated rings. The Balaban J connectivity index is 0.915. The summed E-state index contributed by atoms with van der Waals surface area (Å²) >= 11 is 1.26. The summed E-state index contributed by atoms with van der Waals surface area (Å²) in [4.78, 5) is 31.0. The Hall–Kier alpha value is -5.52. The number of benzene rings is 1. The van der Waals surface area contributed by atoms with Crippen LogP contribution in [0.5, 0.6) is 0 Å². The zero-order valence-electron chi connectivity index (χ0n) is 25.3. The van der Waals surface area contributed by atoms with E-state index in [9.17, 15) is 22.8 Å². The van der Waals surface area contributed by atoms with Gasteiger partial charge in [0.2, 0.25) is 22.1 Å². The first-order valence-corrected chi connectivity index (χ1v) is 15.7. The van der Waals surface area contributed by atoms with Crippen LogP contribution in [0.1, 0.15) is 35.4 Å². The number of carbonyl (C=O) groups excluding carboxylic acids is 2. The Morgan fingerprint density at radius 1 is 0.896 bits per heavy atom. The van der Waals surface area contributed by atoms with Gasteiger partial charge in [-0.15, -0.1) is 25.5 Å². The quantitative estimate of drug-likeness (QED) is 0.175. The molecule has 18 heteroatoms. The smallest absolute Gasteiger partial charge is 0.355 e. The lowest BCUT2D eigenvalue weighted by Crippen LogP contribution is -2.26. The molecule has 5 aromatic rings. The average Bonchev–Trinajstić information content (AvgIpc) is 3.83. The van der Waals surface area contributed by atoms with Crippen LogP contribution in [0.2, 0.25) is 0 Å². The molecule has 2 amide bonds. The van der Waals surface area contributed by atoms with E-state index in [1.807, 2.05) is 6.07 Å². The second kappa shape index (κ2) is 14.5. The minimum Gasteiger partial charge on any atom is -0.355 e. The maximum absolute atomic E-state index is 12.8. The Morgan fingerprint density at radius 2 is 1.73 bits per heavy atom. The van der Waals surface area contributed by atoms with Crippen LogP contribution in [0, 0.1) is 0 Å². The minimum atomic E-state index is -4.39. The number of aryl methyl sites for hydroxylation is 1. The number of alkyl halides is 3. The molecule has 0 aliphatic carbocycles. The van der Waals surface area contributed by atoms with Crippen molar-refractivity contribution in [2.24, 2.45) is 0 Å². The van der Waals surface area contributed by atoms with E-state index in [1.165, 1.54) is 28.2 Å². The van der Waals surface area contributed by atoms with Gasteiger partial charge in [-0.2, -0.15) is 13.2 Å². The largest absolute Gasteiger partial charge is 0.416 e. The molecule has 1 aromatic carbocycles. The van der Waals surface area contributed by atoms with Gasteiger partial charge in [0.25, 0.3) is 0 Å². The van der Waals surface area contributed by atoms with Crippen LogP contribution in [-0.2, 0) is 35.2 Å². The number of pyridine rings is 1. The molecular formula is C30H29F3N12O2S. The van der Waals surface area contributed by atoms with Crippen LogP contribution in [0.15, 0.2) is 67.0 Å². The molecule has 1 saturated heterocycles. The number of aromatic nitrogens is 8. The number of hydrogen-bond donors (Lipinski definition) is 3. The second-order valence-corrected chi connectivity index (χ2v) is 11.9. The van der Waals surface area contributed by atoms with E-state index in [-0.39, 0.29) is 37.2 Å². The SMILES string of the molecule is O=C(CCc1cn(Cc2ccc(C(F)(F)F)cc2)nn1)Nc1ccc(N2CC[C@H](Nc3nnc(NC(=O)Cc4ccccn4)s3)C2)nn1. The van der Waals surface area contributed by atoms with Crippen molar-refractivity contribution in [1.29, 1.82) is 0 Å². The van der Waals surface area contributed by atoms with E-state index in [0.717, 1.165) is 25.1 Å². The number of carbonyl (C=O) groups is 2. The average molecular weight is 679 g/mol. The summed E-state index contributed by atoms with van der Waals surface area (Å²) in [5.74, 6) is 0.490. The molecule has 0 unspecified atom stereocenters. The van der Waals surface area contributed by atoms with Gasteiger partial charge in [-0.3, -0.25) is 14.6 Å². The normalized spacial score (nSPS) is 14.6. The predicted octanol–water partition coefficient (Wildman–Crippen LogP) is 3.83. The third-order valence-electron chi connectivity index (χ3n) is 7.32. The first-order chi connectivity index (χ1) is 23.2. The lowest BCUT2D eigenvalue weighted by molar-refractivity contribution is -0.137. The van der Waals surface area contributed by atoms with Crippen molar-refractivity contribution in [2.45, 2.75) is 44.4 Å². The molecule has 1 aliphatic heterocycles. The molecule has 0 bridgehead atoms. The molecule has 3 N–H and O–H groups in total. The van der Waals surface area contributed by atoms with E-state index < -0.39 is 11.7 Å². The number of rotatable bonds is 12. The van der Waals surface area contributed by atoms with Crippen LogP contribution in [0.4, 0.5) is 35.1 Å². The summed E-state index contributed by atoms with van der Waals surface area (Å²) in [6, 6.07) is 13.8. The van der Waals surface area contributed by atoms with Gasteiger partial charge in [-0.25, -0.2) is 4.68 Å². The van der Waals surface area contributed by atoms with Crippen molar-refractivity contribution < 1.29 is 22.8 Å². The molecule has 6 rings (SSSR count). The van der Waals surface area contributed by atoms with Crippen LogP contribution in [0.25, 0.3) is 0 Å². The number of nitrogens with zero attached hydrogens (tertiary/aromatic N) is 9. The highest BCUT2D eigenvalue weighted by atomic mass is 32.1. The zero-order chi connectivity index (χ0) is 33.5. The molecule has 4 aromatic heterocycles. The fourth-order valence-corrected chi connectivity index (χ4v) is 5.68. The number of halogens is 3. The first-order valence-electron chi connectivity index (χ1n) is 14.9. The molecule has 1 atom stereocenters. The van der Waals surface area contributed by atoms with Crippen molar-refractivity contribution in [3.63, 3.8) is 0 Å². The monoisotopic (exact) mass is 678 g/mol. The standard InChI is InChI=1S/C30H29F3N12O2S/c31-30(32,33)20-6-4-19(5-7-20)16-45-18-23(38-43-45)8-11-26(46)36-24-9-10-25(40-39-24)44-14-12-22(17-44)35-28-41-42-29(48-28)37-27(47)15-21-3-1-2-13-34-21/h1-7,9-10,13,18,22H,8,11-12,14-17H2,(H,35,41)(H,36,39,46)(H,37,42,47)/t22-/m0/s1. The molecular weight excluding hydrogens is 649 g/mol. The molecule has 0 radical (unpaired) electrons. The Labute approximate surface area is 275 Å². The van der Waals surface area contributed by atoms with Crippen molar-refractivity contribution >= 4 is 45.0 Å². The van der Waals surface area contributed by atoms with Crippen LogP contribution >= 0.6 is 11.3 Å². The molecule has 14 nitrogen and oxygen atoms in total. The fourth-order valence-electron chi connectivity index (χ4n) is 4.95. The van der Waals surface area contributed by atoms with Gasteiger partial charge in [-0.05, 0) is 48.4 Å². The topological polar surface area (TPSA) is 169 Å². The summed E-state index contributed by atoms with van der Waals surface area (Å²) in [6.07, 6.45) is 0.332. The summed E-state index contributed by atoms with van der Waals surface area (Å²) in [5, 5.41) is 34.5. The second-order valence-electron chi connectivity index (χ2n) is 11.0. The molecule has 248 valence electrons. The Morgan fingerprint density at radius 3 is 2.48 bits per heavy atom. The van der Waals surface area contributed by atoms with Gasteiger partial charge >= 0.3 is 6.18 Å². The molecule has 1 aliphatic rings. The van der Waals surface area contributed by atoms with Crippen LogP contribution in [0.3, 0.4) is 0 Å². The van der Waals surface area contributed by atoms with Crippen molar-refractivity contribution in [3.8, 4) is 0 Å². The van der Waals surface area contributed by atoms with E-state index in [0.29, 0.717) is 51.8 Å². The van der Waals surface area contributed by atoms with Crippen LogP contribution < -0.4 is 20.9 Å². The molecule has 48 heavy (non-hydrogen) atoms. The first kappa shape index (κ1) is 32.4. The number of nitrogens with one attached hydrogen (secondary N) is 3. The van der Waals surface area contributed by atoms with E-state index in [1.54, 1.807) is 36.7 Å². The number of anilines is 4. The number of amides is 2. The van der Waals surface area contributed by atoms with Crippen molar-refractivity contribution in [1.82, 2.24) is 40.4 Å². The van der Waals surface area contributed by atoms with Crippen molar-refractivity contribution in [2.75, 3.05) is 33.9 Å². The predicted molar refractivity (Wildman–Crippen MR) is 170 cm³/mol. The molecule has 5 heterocycles. The zero-order valence-corrected chi connectivity index (χ0v) is 26.1. The fraction of sp³-hybridized carbons (Fsp3) is 0.300. The van der Waals surface area contributed by atoms with Gasteiger partial charge < -0.3 is 20.9 Å². The lowest BCUT2D eigenvalue weighted by Gasteiger charge is -2.17. The summed E-state index contributed by atoms with van der Waals surface area (Å²) in [5.41, 5.74) is 1.17. The highest BCUT2D eigenvalue weighted by molar-refractivity contribution is 7.19. The summed E-state index contributed by atoms with van der Waals surface area (Å²) in [6.45, 7) is 1.65. The third-order valence-corrected chi connectivity index (χ3v) is 8.09. The Kier molecular flexibility index (Phi) is 9.79. The Bertz CT molecular complexity index is 1830. The third kappa shape index (κ3) is 8.84. The van der Waals surface area contributed by atoms with Gasteiger partial charge in [0, 0.05) is 50.1 Å².